The first-order valence-corrected chi connectivity index (χ1v) is 20.7. The third-order valence-electron chi connectivity index (χ3n) is 9.34. The van der Waals surface area contributed by atoms with Gasteiger partial charge in [-0.15, -0.1) is 0 Å². The molecule has 2 amide bonds. The molecule has 0 radical (unpaired) electrons. The number of nitrogens with zero attached hydrogens (tertiary/aromatic N) is 1. The van der Waals surface area contributed by atoms with Crippen molar-refractivity contribution in [3.8, 4) is 5.75 Å². The molecule has 9 nitrogen and oxygen atoms in total. The molecule has 0 unspecified atom stereocenters. The average Bonchev–Trinajstić information content (AvgIpc) is 3.15. The number of esters is 1. The predicted octanol–water partition coefficient (Wildman–Crippen LogP) is 9.72. The summed E-state index contributed by atoms with van der Waals surface area (Å²) < 4.78 is 23.3. The Hall–Kier alpha value is -3.95. The van der Waals surface area contributed by atoms with E-state index in [4.69, 9.17) is 18.9 Å². The monoisotopic (exact) mass is 761 g/mol. The van der Waals surface area contributed by atoms with Crippen molar-refractivity contribution in [3.63, 3.8) is 0 Å². The Kier molecular flexibility index (Phi) is 20.9. The number of hydrogen-bond donors (Lipinski definition) is 1. The molecule has 1 atom stereocenters. The lowest BCUT2D eigenvalue weighted by atomic mass is 10.0. The summed E-state index contributed by atoms with van der Waals surface area (Å²) in [4.78, 5) is 42.2. The summed E-state index contributed by atoms with van der Waals surface area (Å²) in [5.74, 6) is -0.0210. The van der Waals surface area contributed by atoms with Gasteiger partial charge in [-0.2, -0.15) is 0 Å². The maximum absolute atomic E-state index is 14.7. The van der Waals surface area contributed by atoms with Crippen molar-refractivity contribution in [2.45, 2.75) is 149 Å². The summed E-state index contributed by atoms with van der Waals surface area (Å²) in [6.45, 7) is 13.5. The zero-order valence-corrected chi connectivity index (χ0v) is 34.5. The summed E-state index contributed by atoms with van der Waals surface area (Å²) in [6, 6.07) is 20.9. The number of unbranched alkanes of at least 4 members (excludes halogenated alkanes) is 8. The SMILES string of the molecule is CCCCCCCCCCCC(=O)OCCCC(=O)N[C@@H](Cc1ccc(OC(C)(C)C)cc1)C(=O)N(Cc1cccc2ccccc12)CC(OCC)OCC. The number of benzene rings is 3. The molecule has 55 heavy (non-hydrogen) atoms. The van der Waals surface area contributed by atoms with Crippen LogP contribution in [0, 0.1) is 0 Å². The van der Waals surface area contributed by atoms with Gasteiger partial charge in [-0.05, 0) is 81.5 Å². The van der Waals surface area contributed by atoms with Gasteiger partial charge >= 0.3 is 5.97 Å². The Balaban J connectivity index is 1.69. The quantitative estimate of drug-likeness (QED) is 0.0469. The van der Waals surface area contributed by atoms with Gasteiger partial charge < -0.3 is 29.2 Å². The molecule has 0 aliphatic carbocycles. The second-order valence-electron chi connectivity index (χ2n) is 15.3. The molecule has 0 fully saturated rings. The molecule has 0 spiro atoms. The van der Waals surface area contributed by atoms with Gasteiger partial charge in [0.05, 0.1) is 13.2 Å². The van der Waals surface area contributed by atoms with Crippen molar-refractivity contribution in [1.82, 2.24) is 10.2 Å². The smallest absolute Gasteiger partial charge is 0.305 e. The highest BCUT2D eigenvalue weighted by Crippen LogP contribution is 2.23. The third-order valence-corrected chi connectivity index (χ3v) is 9.34. The second kappa shape index (κ2) is 25.3. The summed E-state index contributed by atoms with van der Waals surface area (Å²) in [7, 11) is 0. The number of hydrogen-bond acceptors (Lipinski definition) is 7. The summed E-state index contributed by atoms with van der Waals surface area (Å²) >= 11 is 0. The van der Waals surface area contributed by atoms with E-state index in [1.807, 2.05) is 83.1 Å². The summed E-state index contributed by atoms with van der Waals surface area (Å²) in [5, 5.41) is 5.16. The van der Waals surface area contributed by atoms with Crippen LogP contribution in [-0.2, 0) is 41.6 Å². The van der Waals surface area contributed by atoms with Crippen LogP contribution in [0.2, 0.25) is 0 Å². The maximum Gasteiger partial charge on any atom is 0.305 e. The summed E-state index contributed by atoms with van der Waals surface area (Å²) in [5.41, 5.74) is 1.51. The first-order chi connectivity index (χ1) is 26.5. The lowest BCUT2D eigenvalue weighted by Crippen LogP contribution is -2.51. The van der Waals surface area contributed by atoms with Crippen molar-refractivity contribution >= 4 is 28.6 Å². The topological polar surface area (TPSA) is 103 Å². The standard InChI is InChI=1S/C46H68N2O7/c1-7-10-11-12-13-14-15-16-17-27-43(50)54-32-21-26-42(49)47-41(33-36-28-30-39(31-29-36)55-46(4,5)6)45(51)48(35-44(52-8-2)53-9-3)34-38-24-20-23-37-22-18-19-25-40(37)38/h18-20,22-25,28-31,41,44H,7-17,21,26-27,32-35H2,1-6H3,(H,47,49)/t41-/m0/s1. The van der Waals surface area contributed by atoms with Crippen LogP contribution >= 0.6 is 0 Å². The molecule has 0 aliphatic heterocycles. The number of carbonyl (C=O) groups excluding carboxylic acids is 3. The molecular weight excluding hydrogens is 693 g/mol. The minimum Gasteiger partial charge on any atom is -0.488 e. The molecule has 9 heteroatoms. The van der Waals surface area contributed by atoms with Gasteiger partial charge in [0.1, 0.15) is 17.4 Å². The molecular formula is C46H68N2O7. The van der Waals surface area contributed by atoms with Crippen LogP contribution in [-0.4, -0.2) is 67.0 Å². The fourth-order valence-electron chi connectivity index (χ4n) is 6.61. The molecule has 1 N–H and O–H groups in total. The van der Waals surface area contributed by atoms with E-state index >= 15 is 0 Å². The molecule has 0 aliphatic rings. The number of ether oxygens (including phenoxy) is 4. The van der Waals surface area contributed by atoms with Crippen LogP contribution < -0.4 is 10.1 Å². The summed E-state index contributed by atoms with van der Waals surface area (Å²) in [6.07, 6.45) is 11.2. The predicted molar refractivity (Wildman–Crippen MR) is 221 cm³/mol. The van der Waals surface area contributed by atoms with Crippen molar-refractivity contribution in [3.05, 3.63) is 77.9 Å². The minimum atomic E-state index is -0.866. The van der Waals surface area contributed by atoms with Crippen LogP contribution in [0.3, 0.4) is 0 Å². The van der Waals surface area contributed by atoms with E-state index < -0.39 is 12.3 Å². The first kappa shape index (κ1) is 45.4. The van der Waals surface area contributed by atoms with Gasteiger partial charge in [0.25, 0.3) is 0 Å². The minimum absolute atomic E-state index is 0.122. The van der Waals surface area contributed by atoms with Crippen molar-refractivity contribution in [1.29, 1.82) is 0 Å². The molecule has 0 bridgehead atoms. The number of nitrogens with one attached hydrogen (secondary N) is 1. The van der Waals surface area contributed by atoms with E-state index in [0.29, 0.717) is 32.6 Å². The van der Waals surface area contributed by atoms with Gasteiger partial charge in [0.15, 0.2) is 6.29 Å². The van der Waals surface area contributed by atoms with Crippen LogP contribution in [0.4, 0.5) is 0 Å². The van der Waals surface area contributed by atoms with Crippen LogP contribution in [0.15, 0.2) is 66.7 Å². The highest BCUT2D eigenvalue weighted by atomic mass is 16.7. The van der Waals surface area contributed by atoms with Crippen LogP contribution in [0.5, 0.6) is 5.75 Å². The van der Waals surface area contributed by atoms with Gasteiger partial charge in [-0.25, -0.2) is 0 Å². The Morgan fingerprint density at radius 1 is 0.727 bits per heavy atom. The number of rotatable bonds is 27. The third kappa shape index (κ3) is 18.0. The molecule has 0 aromatic heterocycles. The lowest BCUT2D eigenvalue weighted by Gasteiger charge is -2.31. The van der Waals surface area contributed by atoms with Crippen molar-refractivity contribution < 1.29 is 33.3 Å². The molecule has 0 heterocycles. The molecule has 0 saturated heterocycles. The Morgan fingerprint density at radius 2 is 1.36 bits per heavy atom. The van der Waals surface area contributed by atoms with E-state index in [0.717, 1.165) is 46.9 Å². The van der Waals surface area contributed by atoms with E-state index in [9.17, 15) is 14.4 Å². The van der Waals surface area contributed by atoms with E-state index in [2.05, 4.69) is 30.4 Å². The van der Waals surface area contributed by atoms with Crippen molar-refractivity contribution in [2.24, 2.45) is 0 Å². The molecule has 304 valence electrons. The fourth-order valence-corrected chi connectivity index (χ4v) is 6.61. The normalized spacial score (nSPS) is 12.1. The first-order valence-electron chi connectivity index (χ1n) is 20.7. The molecule has 3 aromatic carbocycles. The molecule has 3 aromatic rings. The van der Waals surface area contributed by atoms with E-state index in [1.54, 1.807) is 4.90 Å². The van der Waals surface area contributed by atoms with Gasteiger partial charge in [-0.1, -0.05) is 113 Å². The highest BCUT2D eigenvalue weighted by Gasteiger charge is 2.29. The highest BCUT2D eigenvalue weighted by molar-refractivity contribution is 5.89. The molecule has 0 saturated carbocycles. The average molecular weight is 761 g/mol. The number of fused-ring (bicyclic) bond motifs is 1. The zero-order chi connectivity index (χ0) is 39.9. The Morgan fingerprint density at radius 3 is 2.02 bits per heavy atom. The van der Waals surface area contributed by atoms with Crippen molar-refractivity contribution in [2.75, 3.05) is 26.4 Å². The van der Waals surface area contributed by atoms with Gasteiger partial charge in [-0.3, -0.25) is 14.4 Å². The lowest BCUT2D eigenvalue weighted by molar-refractivity contribution is -0.161. The number of amides is 2. The molecule has 3 rings (SSSR count). The van der Waals surface area contributed by atoms with Gasteiger partial charge in [0.2, 0.25) is 11.8 Å². The van der Waals surface area contributed by atoms with Gasteiger partial charge in [0, 0.05) is 39.0 Å². The zero-order valence-electron chi connectivity index (χ0n) is 34.5. The second-order valence-corrected chi connectivity index (χ2v) is 15.3. The Labute approximate surface area is 330 Å². The number of carbonyl (C=O) groups is 3. The van der Waals surface area contributed by atoms with Crippen LogP contribution in [0.1, 0.15) is 130 Å². The fraction of sp³-hybridized carbons (Fsp3) is 0.587. The Bertz CT molecular complexity index is 1540. The van der Waals surface area contributed by atoms with E-state index in [-0.39, 0.29) is 49.4 Å². The van der Waals surface area contributed by atoms with E-state index in [1.165, 1.54) is 38.5 Å². The largest absolute Gasteiger partial charge is 0.488 e. The maximum atomic E-state index is 14.7. The van der Waals surface area contributed by atoms with Crippen LogP contribution in [0.25, 0.3) is 10.8 Å².